The van der Waals surface area contributed by atoms with Crippen molar-refractivity contribution in [2.45, 2.75) is 78.1 Å². The van der Waals surface area contributed by atoms with Crippen LogP contribution < -0.4 is 0 Å². The lowest BCUT2D eigenvalue weighted by Crippen LogP contribution is -2.20. The molecule has 3 nitrogen and oxygen atoms in total. The van der Waals surface area contributed by atoms with Crippen LogP contribution in [-0.2, 0) is 0 Å². The molecule has 3 atom stereocenters. The number of rotatable bonds is 6. The predicted octanol–water partition coefficient (Wildman–Crippen LogP) is 13.9. The Morgan fingerprint density at radius 3 is 2.09 bits per heavy atom. The summed E-state index contributed by atoms with van der Waals surface area (Å²) in [6.07, 6.45) is 13.9. The van der Waals surface area contributed by atoms with Gasteiger partial charge in [-0.2, -0.15) is 0 Å². The molecule has 268 valence electrons. The minimum absolute atomic E-state index is 0.356. The van der Waals surface area contributed by atoms with Gasteiger partial charge in [-0.05, 0) is 96.9 Å². The van der Waals surface area contributed by atoms with Gasteiger partial charge in [-0.3, -0.25) is 0 Å². The minimum atomic E-state index is 0.356. The first-order valence-electron chi connectivity index (χ1n) is 20.0. The number of hydrogen-bond donors (Lipinski definition) is 0. The highest BCUT2D eigenvalue weighted by Crippen LogP contribution is 2.48. The molecular formula is C51H49N3. The number of nitrogens with zero attached hydrogens (tertiary/aromatic N) is 3. The first-order valence-corrected chi connectivity index (χ1v) is 20.0. The Kier molecular flexibility index (Phi) is 8.89. The lowest BCUT2D eigenvalue weighted by molar-refractivity contribution is 0.409. The number of aromatic nitrogens is 3. The van der Waals surface area contributed by atoms with Gasteiger partial charge in [0.15, 0.2) is 5.82 Å². The molecule has 8 aromatic rings. The zero-order valence-electron chi connectivity index (χ0n) is 32.2. The van der Waals surface area contributed by atoms with E-state index in [1.807, 2.05) is 6.07 Å². The Morgan fingerprint density at radius 1 is 0.722 bits per heavy atom. The van der Waals surface area contributed by atoms with Gasteiger partial charge in [0.25, 0.3) is 0 Å². The summed E-state index contributed by atoms with van der Waals surface area (Å²) < 4.78 is 2.49. The summed E-state index contributed by atoms with van der Waals surface area (Å²) in [5.41, 5.74) is 14.5. The first kappa shape index (κ1) is 34.2. The Balaban J connectivity index is 0.000000146. The third-order valence-corrected chi connectivity index (χ3v) is 12.4. The SMILES string of the molecule is CCC(C)c1c(-c2ccccc2C)cc2c3ccccc3n3c4ccccc4c1c23.Cc1nc(-c2ccccc2)nc(C2C=CC=CC2C)c1C1CCC1. The van der Waals surface area contributed by atoms with Crippen LogP contribution in [0.1, 0.15) is 92.3 Å². The molecular weight excluding hydrogens is 655 g/mol. The molecule has 0 amide bonds. The maximum absolute atomic E-state index is 5.08. The van der Waals surface area contributed by atoms with E-state index < -0.39 is 0 Å². The van der Waals surface area contributed by atoms with Crippen LogP contribution >= 0.6 is 0 Å². The number of allylic oxidation sites excluding steroid dienone is 4. The van der Waals surface area contributed by atoms with Crippen LogP contribution in [0.4, 0.5) is 0 Å². The number of benzene rings is 5. The molecule has 0 saturated heterocycles. The summed E-state index contributed by atoms with van der Waals surface area (Å²) in [6, 6.07) is 39.4. The van der Waals surface area contributed by atoms with Crippen molar-refractivity contribution in [2.75, 3.05) is 0 Å². The van der Waals surface area contributed by atoms with Gasteiger partial charge in [-0.15, -0.1) is 0 Å². The smallest absolute Gasteiger partial charge is 0.159 e. The average molecular weight is 704 g/mol. The largest absolute Gasteiger partial charge is 0.308 e. The van der Waals surface area contributed by atoms with E-state index in [-0.39, 0.29) is 0 Å². The highest BCUT2D eigenvalue weighted by molar-refractivity contribution is 6.25. The third kappa shape index (κ3) is 5.64. The van der Waals surface area contributed by atoms with E-state index in [9.17, 15) is 0 Å². The van der Waals surface area contributed by atoms with Crippen molar-refractivity contribution in [3.05, 3.63) is 162 Å². The first-order chi connectivity index (χ1) is 26.4. The van der Waals surface area contributed by atoms with Gasteiger partial charge in [0.2, 0.25) is 0 Å². The number of hydrogen-bond acceptors (Lipinski definition) is 2. The molecule has 5 aromatic carbocycles. The zero-order chi connectivity index (χ0) is 36.9. The van der Waals surface area contributed by atoms with Crippen LogP contribution in [-0.4, -0.2) is 14.4 Å². The van der Waals surface area contributed by atoms with Crippen molar-refractivity contribution in [3.8, 4) is 22.5 Å². The molecule has 3 aromatic heterocycles. The van der Waals surface area contributed by atoms with Crippen LogP contribution in [0.3, 0.4) is 0 Å². The maximum atomic E-state index is 5.08. The molecule has 1 saturated carbocycles. The van der Waals surface area contributed by atoms with Crippen molar-refractivity contribution < 1.29 is 0 Å². The molecule has 0 N–H and O–H groups in total. The Hall–Kier alpha value is -5.54. The molecule has 2 aliphatic rings. The van der Waals surface area contributed by atoms with Gasteiger partial charge in [-0.25, -0.2) is 9.97 Å². The lowest BCUT2D eigenvalue weighted by Gasteiger charge is -2.32. The summed E-state index contributed by atoms with van der Waals surface area (Å²) in [7, 11) is 0. The predicted molar refractivity (Wildman–Crippen MR) is 229 cm³/mol. The monoisotopic (exact) mass is 703 g/mol. The van der Waals surface area contributed by atoms with E-state index in [1.165, 1.54) is 96.6 Å². The van der Waals surface area contributed by atoms with Crippen LogP contribution in [0.15, 0.2) is 133 Å². The van der Waals surface area contributed by atoms with Gasteiger partial charge in [0.1, 0.15) is 0 Å². The third-order valence-electron chi connectivity index (χ3n) is 12.4. The quantitative estimate of drug-likeness (QED) is 0.173. The van der Waals surface area contributed by atoms with E-state index in [2.05, 4.69) is 166 Å². The molecule has 3 heterocycles. The van der Waals surface area contributed by atoms with Crippen LogP contribution in [0, 0.1) is 19.8 Å². The summed E-state index contributed by atoms with van der Waals surface area (Å²) in [4.78, 5) is 9.96. The maximum Gasteiger partial charge on any atom is 0.159 e. The van der Waals surface area contributed by atoms with Gasteiger partial charge in [0.05, 0.1) is 22.2 Å². The summed E-state index contributed by atoms with van der Waals surface area (Å²) in [5, 5.41) is 5.51. The Morgan fingerprint density at radius 2 is 1.39 bits per heavy atom. The second-order valence-electron chi connectivity index (χ2n) is 15.7. The van der Waals surface area contributed by atoms with Gasteiger partial charge < -0.3 is 4.40 Å². The minimum Gasteiger partial charge on any atom is -0.308 e. The van der Waals surface area contributed by atoms with Crippen LogP contribution in [0.25, 0.3) is 60.6 Å². The second kappa shape index (κ2) is 14.0. The van der Waals surface area contributed by atoms with Crippen LogP contribution in [0.2, 0.25) is 0 Å². The fourth-order valence-corrected chi connectivity index (χ4v) is 9.19. The van der Waals surface area contributed by atoms with Crippen LogP contribution in [0.5, 0.6) is 0 Å². The standard InChI is InChI=1S/C29H25N.C22H24N2/c1-4-18(2)27-23(20-12-6-5-11-19(20)3)17-24-21-13-7-9-15-25(21)30-26-16-10-8-14-22(26)28(27)29(24)30;1-15-9-6-7-14-19(15)21-20(17-12-8-13-17)16(2)23-22(24-21)18-10-4-3-5-11-18/h5-18H,4H2,1-3H3;3-7,9-11,14-15,17,19H,8,12-13H2,1-2H3. The fourth-order valence-electron chi connectivity index (χ4n) is 9.19. The number of aryl methyl sites for hydroxylation is 2. The zero-order valence-corrected chi connectivity index (χ0v) is 32.2. The average Bonchev–Trinajstić information content (AvgIpc) is 3.70. The van der Waals surface area contributed by atoms with E-state index in [0.717, 1.165) is 17.8 Å². The van der Waals surface area contributed by atoms with E-state index in [0.29, 0.717) is 23.7 Å². The van der Waals surface area contributed by atoms with E-state index >= 15 is 0 Å². The topological polar surface area (TPSA) is 30.2 Å². The van der Waals surface area contributed by atoms with Gasteiger partial charge in [-0.1, -0.05) is 142 Å². The second-order valence-corrected chi connectivity index (χ2v) is 15.7. The van der Waals surface area contributed by atoms with Gasteiger partial charge >= 0.3 is 0 Å². The molecule has 0 spiro atoms. The highest BCUT2D eigenvalue weighted by Gasteiger charge is 2.31. The number of para-hydroxylation sites is 2. The van der Waals surface area contributed by atoms with Crippen molar-refractivity contribution in [1.82, 2.24) is 14.4 Å². The van der Waals surface area contributed by atoms with E-state index in [4.69, 9.17) is 9.97 Å². The normalized spacial score (nSPS) is 17.6. The van der Waals surface area contributed by atoms with Crippen molar-refractivity contribution in [3.63, 3.8) is 0 Å². The molecule has 54 heavy (non-hydrogen) atoms. The molecule has 3 heteroatoms. The lowest BCUT2D eigenvalue weighted by atomic mass is 9.75. The summed E-state index contributed by atoms with van der Waals surface area (Å²) >= 11 is 0. The van der Waals surface area contributed by atoms with Crippen molar-refractivity contribution in [1.29, 1.82) is 0 Å². The molecule has 1 fully saturated rings. The molecule has 0 bridgehead atoms. The number of fused-ring (bicyclic) bond motifs is 6. The highest BCUT2D eigenvalue weighted by atomic mass is 14.9. The van der Waals surface area contributed by atoms with E-state index in [1.54, 1.807) is 0 Å². The van der Waals surface area contributed by atoms with Crippen molar-refractivity contribution in [2.24, 2.45) is 5.92 Å². The molecule has 0 radical (unpaired) electrons. The van der Waals surface area contributed by atoms with Crippen molar-refractivity contribution >= 4 is 38.1 Å². The summed E-state index contributed by atoms with van der Waals surface area (Å²) in [6.45, 7) is 11.4. The molecule has 3 unspecified atom stereocenters. The Labute approximate surface area is 319 Å². The van der Waals surface area contributed by atoms with Gasteiger partial charge in [0, 0.05) is 38.7 Å². The fraction of sp³-hybridized carbons (Fsp3) is 0.255. The molecule has 10 rings (SSSR count). The molecule has 2 aliphatic carbocycles. The summed E-state index contributed by atoms with van der Waals surface area (Å²) in [5.74, 6) is 2.83. The Bertz CT molecular complexity index is 2690. The molecule has 0 aliphatic heterocycles.